The van der Waals surface area contributed by atoms with Gasteiger partial charge in [-0.3, -0.25) is 0 Å². The fraction of sp³-hybridized carbons (Fsp3) is 1.00. The summed E-state index contributed by atoms with van der Waals surface area (Å²) in [6.07, 6.45) is 3.80. The van der Waals surface area contributed by atoms with E-state index < -0.39 is 0 Å². The molecule has 15 heavy (non-hydrogen) atoms. The third-order valence-electron chi connectivity index (χ3n) is 3.37. The van der Waals surface area contributed by atoms with Gasteiger partial charge in [0, 0.05) is 19.2 Å². The third-order valence-corrected chi connectivity index (χ3v) is 3.37. The van der Waals surface area contributed by atoms with Crippen LogP contribution in [0.15, 0.2) is 0 Å². The van der Waals surface area contributed by atoms with Gasteiger partial charge in [0.2, 0.25) is 0 Å². The average Bonchev–Trinajstić information content (AvgIpc) is 2.27. The number of ether oxygens (including phenoxy) is 1. The zero-order chi connectivity index (χ0) is 11.1. The van der Waals surface area contributed by atoms with Crippen molar-refractivity contribution in [1.29, 1.82) is 0 Å². The van der Waals surface area contributed by atoms with Crippen LogP contribution in [0.1, 0.15) is 26.2 Å². The maximum absolute atomic E-state index is 5.50. The highest BCUT2D eigenvalue weighted by atomic mass is 16.5. The summed E-state index contributed by atoms with van der Waals surface area (Å²) in [5.74, 6) is 0.751. The van der Waals surface area contributed by atoms with E-state index in [9.17, 15) is 0 Å². The predicted octanol–water partition coefficient (Wildman–Crippen LogP) is 1.34. The second kappa shape index (κ2) is 7.20. The van der Waals surface area contributed by atoms with E-state index in [0.717, 1.165) is 25.7 Å². The van der Waals surface area contributed by atoms with Gasteiger partial charge in [-0.2, -0.15) is 0 Å². The lowest BCUT2D eigenvalue weighted by atomic mass is 10.0. The molecule has 0 aliphatic carbocycles. The summed E-state index contributed by atoms with van der Waals surface area (Å²) in [6.45, 7) is 6.52. The van der Waals surface area contributed by atoms with Crippen molar-refractivity contribution in [3.8, 4) is 0 Å². The van der Waals surface area contributed by atoms with E-state index in [1.807, 2.05) is 7.05 Å². The van der Waals surface area contributed by atoms with Crippen LogP contribution in [0.5, 0.6) is 0 Å². The quantitative estimate of drug-likeness (QED) is 0.722. The monoisotopic (exact) mass is 214 g/mol. The van der Waals surface area contributed by atoms with Crippen molar-refractivity contribution in [2.75, 3.05) is 40.4 Å². The van der Waals surface area contributed by atoms with E-state index in [1.165, 1.54) is 25.8 Å². The Hall–Kier alpha value is -0.120. The standard InChI is InChI=1S/C12H26N2O/c1-11(6-7-13-2)14(3)9-12-5-4-8-15-10-12/h11-13H,4-10H2,1-3H3. The number of nitrogens with one attached hydrogen (secondary N) is 1. The third kappa shape index (κ3) is 4.96. The summed E-state index contributed by atoms with van der Waals surface area (Å²) in [4.78, 5) is 2.47. The van der Waals surface area contributed by atoms with Crippen LogP contribution in [0, 0.1) is 5.92 Å². The summed E-state index contributed by atoms with van der Waals surface area (Å²) >= 11 is 0. The van der Waals surface area contributed by atoms with Crippen LogP contribution in [0.2, 0.25) is 0 Å². The normalized spacial score (nSPS) is 24.4. The van der Waals surface area contributed by atoms with E-state index in [-0.39, 0.29) is 0 Å². The van der Waals surface area contributed by atoms with Gasteiger partial charge in [0.15, 0.2) is 0 Å². The second-order valence-electron chi connectivity index (χ2n) is 4.76. The molecule has 0 radical (unpaired) electrons. The van der Waals surface area contributed by atoms with Crippen LogP contribution < -0.4 is 5.32 Å². The van der Waals surface area contributed by atoms with Crippen LogP contribution in [-0.4, -0.2) is 51.3 Å². The fourth-order valence-electron chi connectivity index (χ4n) is 2.11. The zero-order valence-corrected chi connectivity index (χ0v) is 10.5. The predicted molar refractivity (Wildman–Crippen MR) is 64.2 cm³/mol. The molecule has 1 aliphatic rings. The average molecular weight is 214 g/mol. The Morgan fingerprint density at radius 3 is 2.93 bits per heavy atom. The molecule has 1 rings (SSSR count). The molecule has 1 saturated heterocycles. The van der Waals surface area contributed by atoms with E-state index in [2.05, 4.69) is 24.2 Å². The van der Waals surface area contributed by atoms with Crippen LogP contribution >= 0.6 is 0 Å². The Balaban J connectivity index is 2.17. The van der Waals surface area contributed by atoms with E-state index in [1.54, 1.807) is 0 Å². The second-order valence-corrected chi connectivity index (χ2v) is 4.76. The van der Waals surface area contributed by atoms with E-state index >= 15 is 0 Å². The summed E-state index contributed by atoms with van der Waals surface area (Å²) < 4.78 is 5.50. The Morgan fingerprint density at radius 1 is 1.53 bits per heavy atom. The van der Waals surface area contributed by atoms with Crippen LogP contribution in [0.3, 0.4) is 0 Å². The molecule has 0 aromatic heterocycles. The fourth-order valence-corrected chi connectivity index (χ4v) is 2.11. The molecule has 0 amide bonds. The van der Waals surface area contributed by atoms with Crippen molar-refractivity contribution < 1.29 is 4.74 Å². The van der Waals surface area contributed by atoms with E-state index in [4.69, 9.17) is 4.74 Å². The number of hydrogen-bond donors (Lipinski definition) is 1. The minimum absolute atomic E-state index is 0.666. The Morgan fingerprint density at radius 2 is 2.33 bits per heavy atom. The molecule has 0 aromatic rings. The van der Waals surface area contributed by atoms with Gasteiger partial charge < -0.3 is 15.0 Å². The molecule has 1 heterocycles. The first-order chi connectivity index (χ1) is 7.24. The molecule has 0 saturated carbocycles. The lowest BCUT2D eigenvalue weighted by molar-refractivity contribution is 0.0368. The number of hydrogen-bond acceptors (Lipinski definition) is 3. The van der Waals surface area contributed by atoms with Crippen molar-refractivity contribution in [2.24, 2.45) is 5.92 Å². The van der Waals surface area contributed by atoms with Gasteiger partial charge in [-0.25, -0.2) is 0 Å². The minimum atomic E-state index is 0.666. The topological polar surface area (TPSA) is 24.5 Å². The van der Waals surface area contributed by atoms with Gasteiger partial charge >= 0.3 is 0 Å². The summed E-state index contributed by atoms with van der Waals surface area (Å²) in [6, 6.07) is 0.666. The number of nitrogens with zero attached hydrogens (tertiary/aromatic N) is 1. The Bertz CT molecular complexity index is 158. The molecule has 2 unspecified atom stereocenters. The molecule has 3 nitrogen and oxygen atoms in total. The lowest BCUT2D eigenvalue weighted by Crippen LogP contribution is -2.37. The van der Waals surface area contributed by atoms with Crippen LogP contribution in [0.25, 0.3) is 0 Å². The van der Waals surface area contributed by atoms with E-state index in [0.29, 0.717) is 6.04 Å². The first kappa shape index (κ1) is 12.9. The molecule has 1 fully saturated rings. The smallest absolute Gasteiger partial charge is 0.0506 e. The summed E-state index contributed by atoms with van der Waals surface area (Å²) in [5, 5.41) is 3.21. The highest BCUT2D eigenvalue weighted by molar-refractivity contribution is 4.71. The first-order valence-electron chi connectivity index (χ1n) is 6.16. The SMILES string of the molecule is CNCCC(C)N(C)CC1CCCOC1. The van der Waals surface area contributed by atoms with Crippen molar-refractivity contribution in [1.82, 2.24) is 10.2 Å². The van der Waals surface area contributed by atoms with Gasteiger partial charge in [-0.1, -0.05) is 0 Å². The Labute approximate surface area is 94.2 Å². The van der Waals surface area contributed by atoms with Crippen molar-refractivity contribution in [3.63, 3.8) is 0 Å². The molecule has 2 atom stereocenters. The molecule has 0 aromatic carbocycles. The highest BCUT2D eigenvalue weighted by Crippen LogP contribution is 2.15. The minimum Gasteiger partial charge on any atom is -0.381 e. The summed E-state index contributed by atoms with van der Waals surface area (Å²) in [5.41, 5.74) is 0. The van der Waals surface area contributed by atoms with Crippen molar-refractivity contribution in [3.05, 3.63) is 0 Å². The van der Waals surface area contributed by atoms with Gasteiger partial charge in [0.1, 0.15) is 0 Å². The van der Waals surface area contributed by atoms with Crippen molar-refractivity contribution in [2.45, 2.75) is 32.2 Å². The summed E-state index contributed by atoms with van der Waals surface area (Å²) in [7, 11) is 4.25. The van der Waals surface area contributed by atoms with Crippen LogP contribution in [0.4, 0.5) is 0 Å². The molecule has 1 N–H and O–H groups in total. The highest BCUT2D eigenvalue weighted by Gasteiger charge is 2.18. The van der Waals surface area contributed by atoms with Gasteiger partial charge in [0.05, 0.1) is 6.61 Å². The van der Waals surface area contributed by atoms with Crippen molar-refractivity contribution >= 4 is 0 Å². The van der Waals surface area contributed by atoms with Crippen LogP contribution in [-0.2, 0) is 4.74 Å². The van der Waals surface area contributed by atoms with Gasteiger partial charge in [0.25, 0.3) is 0 Å². The molecule has 1 aliphatic heterocycles. The first-order valence-corrected chi connectivity index (χ1v) is 6.16. The molecule has 0 spiro atoms. The van der Waals surface area contributed by atoms with Gasteiger partial charge in [-0.15, -0.1) is 0 Å². The largest absolute Gasteiger partial charge is 0.381 e. The van der Waals surface area contributed by atoms with Gasteiger partial charge in [-0.05, 0) is 52.7 Å². The maximum Gasteiger partial charge on any atom is 0.0506 e. The molecular formula is C12H26N2O. The molecule has 0 bridgehead atoms. The lowest BCUT2D eigenvalue weighted by Gasteiger charge is -2.31. The number of rotatable bonds is 6. The maximum atomic E-state index is 5.50. The Kier molecular flexibility index (Phi) is 6.22. The molecule has 90 valence electrons. The zero-order valence-electron chi connectivity index (χ0n) is 10.5. The molecule has 3 heteroatoms. The molecular weight excluding hydrogens is 188 g/mol.